The molecule has 126 valence electrons. The summed E-state index contributed by atoms with van der Waals surface area (Å²) in [7, 11) is 0. The Bertz CT molecular complexity index is 190. The summed E-state index contributed by atoms with van der Waals surface area (Å²) in [5.41, 5.74) is 1.59. The fraction of sp³-hybridized carbons (Fsp3) is 1.00. The smallest absolute Gasteiger partial charge is 0.0360 e. The average molecular weight is 287 g/mol. The van der Waals surface area contributed by atoms with Crippen molar-refractivity contribution in [3.05, 3.63) is 0 Å². The van der Waals surface area contributed by atoms with E-state index in [1.807, 2.05) is 0 Å². The standard InChI is InChI=1S/2C7H16.C6H14/c1-6(2)7(3,4)5;1-5-6-7(2,3)4;1-5-6(2,3)4/h6H,1-5H3;5-6H2,1-4H3;5H2,1-4H3. The second kappa shape index (κ2) is 10.7. The molecule has 0 saturated heterocycles. The van der Waals surface area contributed by atoms with Crippen LogP contribution in [0.1, 0.15) is 109 Å². The first-order valence-corrected chi connectivity index (χ1v) is 8.56. The molecule has 0 rings (SSSR count). The SMILES string of the molecule is CC(C)C(C)(C)C.CCC(C)(C)C.CCCC(C)(C)C. The Kier molecular flexibility index (Phi) is 13.4. The van der Waals surface area contributed by atoms with Crippen LogP contribution in [-0.2, 0) is 0 Å². The summed E-state index contributed by atoms with van der Waals surface area (Å²) >= 11 is 0. The third-order valence-corrected chi connectivity index (χ3v) is 3.79. The Labute approximate surface area is 132 Å². The number of rotatable bonds is 1. The highest BCUT2D eigenvalue weighted by Crippen LogP contribution is 2.23. The van der Waals surface area contributed by atoms with Crippen LogP contribution in [0.5, 0.6) is 0 Å². The maximum Gasteiger partial charge on any atom is -0.0360 e. The molecule has 0 N–H and O–H groups in total. The molecule has 0 atom stereocenters. The summed E-state index contributed by atoms with van der Waals surface area (Å²) in [5, 5.41) is 0. The maximum atomic E-state index is 2.27. The Hall–Kier alpha value is 0. The van der Waals surface area contributed by atoms with Crippen molar-refractivity contribution in [2.24, 2.45) is 22.2 Å². The quantitative estimate of drug-likeness (QED) is 0.458. The predicted molar refractivity (Wildman–Crippen MR) is 98.4 cm³/mol. The zero-order valence-corrected chi connectivity index (χ0v) is 17.2. The Balaban J connectivity index is -0.000000218. The lowest BCUT2D eigenvalue weighted by atomic mass is 9.84. The van der Waals surface area contributed by atoms with Crippen molar-refractivity contribution in [2.45, 2.75) is 109 Å². The average Bonchev–Trinajstić information content (AvgIpc) is 2.14. The normalized spacial score (nSPS) is 12.3. The molecule has 0 nitrogen and oxygen atoms in total. The van der Waals surface area contributed by atoms with Gasteiger partial charge in [-0.15, -0.1) is 0 Å². The molecule has 0 aliphatic carbocycles. The summed E-state index contributed by atoms with van der Waals surface area (Å²) in [6.45, 7) is 29.3. The molecule has 0 aromatic carbocycles. The molecule has 0 saturated carbocycles. The molecular weight excluding hydrogens is 240 g/mol. The Morgan fingerprint density at radius 3 is 0.900 bits per heavy atom. The topological polar surface area (TPSA) is 0 Å². The van der Waals surface area contributed by atoms with Crippen LogP contribution in [0.15, 0.2) is 0 Å². The van der Waals surface area contributed by atoms with Crippen molar-refractivity contribution in [3.8, 4) is 0 Å². The molecule has 0 radical (unpaired) electrons. The highest BCUT2D eigenvalue weighted by Gasteiger charge is 2.13. The van der Waals surface area contributed by atoms with Crippen molar-refractivity contribution in [3.63, 3.8) is 0 Å². The highest BCUT2D eigenvalue weighted by molar-refractivity contribution is 4.64. The van der Waals surface area contributed by atoms with Crippen LogP contribution in [-0.4, -0.2) is 0 Å². The van der Waals surface area contributed by atoms with Crippen LogP contribution in [0.4, 0.5) is 0 Å². The molecule has 0 fully saturated rings. The van der Waals surface area contributed by atoms with Crippen LogP contribution in [0.3, 0.4) is 0 Å². The van der Waals surface area contributed by atoms with Gasteiger partial charge in [0, 0.05) is 0 Å². The molecule has 0 aliphatic heterocycles. The van der Waals surface area contributed by atoms with E-state index in [0.717, 1.165) is 5.92 Å². The fourth-order valence-corrected chi connectivity index (χ4v) is 0.750. The largest absolute Gasteiger partial charge is 0.0654 e. The molecule has 20 heavy (non-hydrogen) atoms. The van der Waals surface area contributed by atoms with Gasteiger partial charge in [0.05, 0.1) is 0 Å². The monoisotopic (exact) mass is 286 g/mol. The summed E-state index contributed by atoms with van der Waals surface area (Å²) in [6.07, 6.45) is 3.92. The molecule has 0 aromatic heterocycles. The zero-order chi connectivity index (χ0) is 17.2. The maximum absolute atomic E-state index is 2.27. The summed E-state index contributed by atoms with van der Waals surface area (Å²) in [5.74, 6) is 0.799. The van der Waals surface area contributed by atoms with E-state index in [0.29, 0.717) is 16.2 Å². The Morgan fingerprint density at radius 2 is 0.900 bits per heavy atom. The molecule has 0 aliphatic rings. The van der Waals surface area contributed by atoms with E-state index in [2.05, 4.69) is 90.0 Å². The summed E-state index contributed by atoms with van der Waals surface area (Å²) < 4.78 is 0. The molecule has 0 heterocycles. The van der Waals surface area contributed by atoms with E-state index in [4.69, 9.17) is 0 Å². The van der Waals surface area contributed by atoms with Gasteiger partial charge < -0.3 is 0 Å². The van der Waals surface area contributed by atoms with Gasteiger partial charge in [-0.25, -0.2) is 0 Å². The molecule has 0 bridgehead atoms. The van der Waals surface area contributed by atoms with Crippen molar-refractivity contribution < 1.29 is 0 Å². The Morgan fingerprint density at radius 1 is 0.650 bits per heavy atom. The lowest BCUT2D eigenvalue weighted by molar-refractivity contribution is 0.283. The first-order chi connectivity index (χ1) is 8.56. The van der Waals surface area contributed by atoms with Gasteiger partial charge in [-0.3, -0.25) is 0 Å². The van der Waals surface area contributed by atoms with Crippen molar-refractivity contribution >= 4 is 0 Å². The van der Waals surface area contributed by atoms with E-state index in [9.17, 15) is 0 Å². The highest BCUT2D eigenvalue weighted by atomic mass is 14.2. The van der Waals surface area contributed by atoms with E-state index in [1.165, 1.54) is 19.3 Å². The number of hydrogen-bond donors (Lipinski definition) is 0. The molecular formula is C20H46. The van der Waals surface area contributed by atoms with E-state index in [1.54, 1.807) is 0 Å². The van der Waals surface area contributed by atoms with E-state index >= 15 is 0 Å². The molecule has 0 unspecified atom stereocenters. The van der Waals surface area contributed by atoms with Crippen molar-refractivity contribution in [1.29, 1.82) is 0 Å². The van der Waals surface area contributed by atoms with Gasteiger partial charge >= 0.3 is 0 Å². The van der Waals surface area contributed by atoms with E-state index in [-0.39, 0.29) is 0 Å². The molecule has 0 heteroatoms. The first kappa shape index (κ1) is 25.0. The fourth-order valence-electron chi connectivity index (χ4n) is 0.750. The van der Waals surface area contributed by atoms with Crippen LogP contribution >= 0.6 is 0 Å². The lowest BCUT2D eigenvalue weighted by Gasteiger charge is -2.22. The molecule has 0 spiro atoms. The van der Waals surface area contributed by atoms with Gasteiger partial charge in [0.2, 0.25) is 0 Å². The minimum atomic E-state index is 0.500. The second-order valence-electron chi connectivity index (χ2n) is 9.75. The zero-order valence-electron chi connectivity index (χ0n) is 17.2. The molecule has 0 aromatic rings. The predicted octanol–water partition coefficient (Wildman–Crippen LogP) is 7.96. The summed E-state index contributed by atoms with van der Waals surface area (Å²) in [4.78, 5) is 0. The van der Waals surface area contributed by atoms with Gasteiger partial charge in [0.15, 0.2) is 0 Å². The van der Waals surface area contributed by atoms with Gasteiger partial charge in [-0.05, 0) is 28.6 Å². The number of hydrogen-bond acceptors (Lipinski definition) is 0. The minimum absolute atomic E-state index is 0.500. The van der Waals surface area contributed by atoms with Crippen molar-refractivity contribution in [2.75, 3.05) is 0 Å². The minimum Gasteiger partial charge on any atom is -0.0654 e. The third-order valence-electron chi connectivity index (χ3n) is 3.79. The van der Waals surface area contributed by atoms with Crippen LogP contribution in [0.2, 0.25) is 0 Å². The van der Waals surface area contributed by atoms with E-state index < -0.39 is 0 Å². The van der Waals surface area contributed by atoms with Crippen LogP contribution in [0, 0.1) is 22.2 Å². The first-order valence-electron chi connectivity index (χ1n) is 8.56. The van der Waals surface area contributed by atoms with Gasteiger partial charge in [0.1, 0.15) is 0 Å². The third kappa shape index (κ3) is 30.8. The van der Waals surface area contributed by atoms with Gasteiger partial charge in [-0.2, -0.15) is 0 Å². The second-order valence-corrected chi connectivity index (χ2v) is 9.75. The lowest BCUT2D eigenvalue weighted by Crippen LogP contribution is -2.12. The van der Waals surface area contributed by atoms with Crippen LogP contribution < -0.4 is 0 Å². The van der Waals surface area contributed by atoms with Crippen LogP contribution in [0.25, 0.3) is 0 Å². The van der Waals surface area contributed by atoms with Gasteiger partial charge in [0.25, 0.3) is 0 Å². The van der Waals surface area contributed by atoms with Crippen molar-refractivity contribution in [1.82, 2.24) is 0 Å². The summed E-state index contributed by atoms with van der Waals surface area (Å²) in [6, 6.07) is 0. The molecule has 0 amide bonds. The van der Waals surface area contributed by atoms with Gasteiger partial charge in [-0.1, -0.05) is 103 Å².